The molecular weight excluding hydrogens is 314 g/mol. The summed E-state index contributed by atoms with van der Waals surface area (Å²) in [4.78, 5) is 6.49. The van der Waals surface area contributed by atoms with E-state index in [4.69, 9.17) is 4.52 Å². The number of rotatable bonds is 8. The van der Waals surface area contributed by atoms with Gasteiger partial charge >= 0.3 is 0 Å². The maximum absolute atomic E-state index is 5.32. The Morgan fingerprint density at radius 2 is 2.00 bits per heavy atom. The summed E-state index contributed by atoms with van der Waals surface area (Å²) in [6.45, 7) is 6.60. The van der Waals surface area contributed by atoms with Crippen LogP contribution in [0.15, 0.2) is 45.9 Å². The summed E-state index contributed by atoms with van der Waals surface area (Å²) >= 11 is 0. The van der Waals surface area contributed by atoms with Gasteiger partial charge in [-0.2, -0.15) is 0 Å². The quantitative estimate of drug-likeness (QED) is 0.438. The average Bonchev–Trinajstić information content (AvgIpc) is 3.11. The van der Waals surface area contributed by atoms with Gasteiger partial charge in [-0.1, -0.05) is 37.2 Å². The van der Waals surface area contributed by atoms with Crippen LogP contribution in [0.2, 0.25) is 0 Å². The second-order valence-corrected chi connectivity index (χ2v) is 6.34. The number of anilines is 1. The minimum atomic E-state index is 0.372. The van der Waals surface area contributed by atoms with Crippen LogP contribution >= 0.6 is 0 Å². The highest BCUT2D eigenvalue weighted by Crippen LogP contribution is 2.13. The molecule has 0 amide bonds. The van der Waals surface area contributed by atoms with Crippen LogP contribution in [0, 0.1) is 0 Å². The first-order valence-corrected chi connectivity index (χ1v) is 8.76. The van der Waals surface area contributed by atoms with Crippen LogP contribution in [0.5, 0.6) is 0 Å². The summed E-state index contributed by atoms with van der Waals surface area (Å²) in [6.07, 6.45) is 1.02. The summed E-state index contributed by atoms with van der Waals surface area (Å²) in [5.41, 5.74) is 2.21. The molecule has 0 atom stereocenters. The van der Waals surface area contributed by atoms with Crippen molar-refractivity contribution in [1.29, 1.82) is 0 Å². The van der Waals surface area contributed by atoms with Crippen molar-refractivity contribution in [1.82, 2.24) is 15.8 Å². The van der Waals surface area contributed by atoms with E-state index in [1.165, 1.54) is 5.69 Å². The van der Waals surface area contributed by atoms with E-state index in [2.05, 4.69) is 70.8 Å². The molecule has 2 aromatic rings. The summed E-state index contributed by atoms with van der Waals surface area (Å²) in [5.74, 6) is 1.96. The number of para-hydroxylation sites is 1. The fourth-order valence-electron chi connectivity index (χ4n) is 2.41. The van der Waals surface area contributed by atoms with Gasteiger partial charge in [0, 0.05) is 38.9 Å². The van der Waals surface area contributed by atoms with Crippen molar-refractivity contribution < 1.29 is 4.52 Å². The van der Waals surface area contributed by atoms with Crippen molar-refractivity contribution in [2.24, 2.45) is 4.99 Å². The molecule has 6 heteroatoms. The van der Waals surface area contributed by atoms with E-state index in [9.17, 15) is 0 Å². The van der Waals surface area contributed by atoms with E-state index in [0.717, 1.165) is 36.9 Å². The zero-order chi connectivity index (χ0) is 18.1. The number of aliphatic imine (C=N–C) groups is 1. The topological polar surface area (TPSA) is 65.7 Å². The maximum Gasteiger partial charge on any atom is 0.191 e. The summed E-state index contributed by atoms with van der Waals surface area (Å²) < 4.78 is 5.32. The molecule has 0 aliphatic heterocycles. The van der Waals surface area contributed by atoms with Gasteiger partial charge in [0.25, 0.3) is 0 Å². The molecule has 1 heterocycles. The predicted molar refractivity (Wildman–Crippen MR) is 103 cm³/mol. The first-order valence-electron chi connectivity index (χ1n) is 8.76. The Morgan fingerprint density at radius 1 is 1.24 bits per heavy atom. The fourth-order valence-corrected chi connectivity index (χ4v) is 2.41. The Morgan fingerprint density at radius 3 is 2.64 bits per heavy atom. The van der Waals surface area contributed by atoms with E-state index < -0.39 is 0 Å². The Kier molecular flexibility index (Phi) is 7.32. The molecule has 0 aliphatic carbocycles. The zero-order valence-corrected chi connectivity index (χ0v) is 15.6. The van der Waals surface area contributed by atoms with Crippen LogP contribution in [-0.2, 0) is 6.54 Å². The van der Waals surface area contributed by atoms with E-state index in [-0.39, 0.29) is 0 Å². The fraction of sp³-hybridized carbons (Fsp3) is 0.474. The molecule has 1 aromatic carbocycles. The van der Waals surface area contributed by atoms with Crippen LogP contribution < -0.4 is 15.5 Å². The van der Waals surface area contributed by atoms with Gasteiger partial charge in [-0.15, -0.1) is 0 Å². The van der Waals surface area contributed by atoms with Crippen molar-refractivity contribution >= 4 is 11.6 Å². The van der Waals surface area contributed by atoms with E-state index >= 15 is 0 Å². The summed E-state index contributed by atoms with van der Waals surface area (Å²) in [5, 5.41) is 10.6. The molecule has 0 fully saturated rings. The number of nitrogens with one attached hydrogen (secondary N) is 2. The van der Waals surface area contributed by atoms with Gasteiger partial charge in [-0.25, -0.2) is 0 Å². The smallest absolute Gasteiger partial charge is 0.191 e. The second kappa shape index (κ2) is 9.71. The molecule has 2 rings (SSSR count). The number of guanidine groups is 1. The van der Waals surface area contributed by atoms with Crippen LogP contribution in [0.1, 0.15) is 37.6 Å². The van der Waals surface area contributed by atoms with Crippen LogP contribution in [0.4, 0.5) is 5.69 Å². The van der Waals surface area contributed by atoms with E-state index in [0.29, 0.717) is 12.5 Å². The van der Waals surface area contributed by atoms with Crippen molar-refractivity contribution in [3.8, 4) is 0 Å². The van der Waals surface area contributed by atoms with Gasteiger partial charge in [-0.3, -0.25) is 4.99 Å². The van der Waals surface area contributed by atoms with Crippen LogP contribution in [0.3, 0.4) is 0 Å². The van der Waals surface area contributed by atoms with Gasteiger partial charge in [0.05, 0.1) is 12.2 Å². The Bertz CT molecular complexity index is 651. The third-order valence-electron chi connectivity index (χ3n) is 3.98. The largest absolute Gasteiger partial charge is 0.375 e. The van der Waals surface area contributed by atoms with Gasteiger partial charge in [0.2, 0.25) is 0 Å². The molecule has 0 saturated heterocycles. The summed E-state index contributed by atoms with van der Waals surface area (Å²) in [6, 6.07) is 12.4. The Balaban J connectivity index is 1.68. The molecule has 0 unspecified atom stereocenters. The van der Waals surface area contributed by atoms with Gasteiger partial charge in [0.1, 0.15) is 0 Å². The van der Waals surface area contributed by atoms with Crippen molar-refractivity contribution in [2.75, 3.05) is 32.1 Å². The molecular formula is C19H29N5O. The van der Waals surface area contributed by atoms with Crippen molar-refractivity contribution in [3.05, 3.63) is 47.9 Å². The lowest BCUT2D eigenvalue weighted by molar-refractivity contribution is 0.372. The van der Waals surface area contributed by atoms with Gasteiger partial charge in [0.15, 0.2) is 11.7 Å². The lowest BCUT2D eigenvalue weighted by Gasteiger charge is -2.19. The molecule has 0 bridgehead atoms. The highest BCUT2D eigenvalue weighted by Gasteiger charge is 2.08. The maximum atomic E-state index is 5.32. The van der Waals surface area contributed by atoms with Crippen molar-refractivity contribution in [3.63, 3.8) is 0 Å². The lowest BCUT2D eigenvalue weighted by atomic mass is 10.1. The monoisotopic (exact) mass is 343 g/mol. The first kappa shape index (κ1) is 18.8. The SMILES string of the molecule is CN=C(NCCCN(C)c1ccccc1)NCc1cc(C(C)C)no1. The number of benzene rings is 1. The van der Waals surface area contributed by atoms with Crippen molar-refractivity contribution in [2.45, 2.75) is 32.7 Å². The molecule has 0 radical (unpaired) electrons. The van der Waals surface area contributed by atoms with E-state index in [1.54, 1.807) is 7.05 Å². The Hall–Kier alpha value is -2.50. The predicted octanol–water partition coefficient (Wildman–Crippen LogP) is 2.99. The minimum absolute atomic E-state index is 0.372. The average molecular weight is 343 g/mol. The second-order valence-electron chi connectivity index (χ2n) is 6.34. The highest BCUT2D eigenvalue weighted by molar-refractivity contribution is 5.79. The molecule has 0 aliphatic rings. The summed E-state index contributed by atoms with van der Waals surface area (Å²) in [7, 11) is 3.88. The lowest BCUT2D eigenvalue weighted by Crippen LogP contribution is -2.38. The molecule has 136 valence electrons. The number of nitrogens with zero attached hydrogens (tertiary/aromatic N) is 3. The normalized spacial score (nSPS) is 11.6. The van der Waals surface area contributed by atoms with Gasteiger partial charge in [-0.05, 0) is 24.5 Å². The standard InChI is InChI=1S/C19H29N5O/c1-15(2)18-13-17(25-23-18)14-22-19(20-3)21-11-8-12-24(4)16-9-6-5-7-10-16/h5-7,9-10,13,15H,8,11-12,14H2,1-4H3,(H2,20,21,22). The van der Waals surface area contributed by atoms with Crippen LogP contribution in [0.25, 0.3) is 0 Å². The Labute approximate surface area is 150 Å². The third kappa shape index (κ3) is 6.14. The molecule has 2 N–H and O–H groups in total. The molecule has 25 heavy (non-hydrogen) atoms. The molecule has 1 aromatic heterocycles. The van der Waals surface area contributed by atoms with E-state index in [1.807, 2.05) is 12.1 Å². The molecule has 6 nitrogen and oxygen atoms in total. The molecule has 0 spiro atoms. The third-order valence-corrected chi connectivity index (χ3v) is 3.98. The number of aromatic nitrogens is 1. The molecule has 0 saturated carbocycles. The number of hydrogen-bond donors (Lipinski definition) is 2. The first-order chi connectivity index (χ1) is 12.1. The highest BCUT2D eigenvalue weighted by atomic mass is 16.5. The minimum Gasteiger partial charge on any atom is -0.375 e. The van der Waals surface area contributed by atoms with Crippen LogP contribution in [-0.4, -0.2) is 38.3 Å². The van der Waals surface area contributed by atoms with Gasteiger partial charge < -0.3 is 20.1 Å². The zero-order valence-electron chi connectivity index (χ0n) is 15.6. The number of hydrogen-bond acceptors (Lipinski definition) is 4.